The number of nitrogens with one attached hydrogen (secondary N) is 1. The second-order valence-electron chi connectivity index (χ2n) is 1.96. The molecule has 0 fully saturated rings. The SMILES string of the molecule is [2H]c1[nH+]c(C)nc(N)c1C. The van der Waals surface area contributed by atoms with E-state index in [0.717, 1.165) is 0 Å². The van der Waals surface area contributed by atoms with Crippen molar-refractivity contribution in [1.29, 1.82) is 0 Å². The number of anilines is 1. The highest BCUT2D eigenvalue weighted by Gasteiger charge is 2.02. The van der Waals surface area contributed by atoms with Gasteiger partial charge in [-0.3, -0.25) is 0 Å². The van der Waals surface area contributed by atoms with Gasteiger partial charge < -0.3 is 5.73 Å². The molecule has 0 atom stereocenters. The molecular weight excluding hydrogens is 114 g/mol. The highest BCUT2D eigenvalue weighted by molar-refractivity contribution is 5.34. The van der Waals surface area contributed by atoms with Gasteiger partial charge in [0.2, 0.25) is 5.82 Å². The molecule has 3 heteroatoms. The van der Waals surface area contributed by atoms with Crippen LogP contribution in [0.4, 0.5) is 5.82 Å². The first-order chi connectivity index (χ1) is 4.61. The van der Waals surface area contributed by atoms with Gasteiger partial charge in [-0.05, 0) is 11.9 Å². The molecule has 0 radical (unpaired) electrons. The summed E-state index contributed by atoms with van der Waals surface area (Å²) < 4.78 is 7.33. The van der Waals surface area contributed by atoms with E-state index in [2.05, 4.69) is 9.97 Å². The summed E-state index contributed by atoms with van der Waals surface area (Å²) in [5.41, 5.74) is 6.17. The Morgan fingerprint density at radius 3 is 3.00 bits per heavy atom. The Balaban J connectivity index is 3.31. The Hall–Kier alpha value is -1.12. The fourth-order valence-electron chi connectivity index (χ4n) is 0.541. The number of rotatable bonds is 0. The van der Waals surface area contributed by atoms with Crippen LogP contribution >= 0.6 is 0 Å². The normalized spacial score (nSPS) is 11.1. The molecule has 0 saturated carbocycles. The summed E-state index contributed by atoms with van der Waals surface area (Å²) in [6, 6.07) is 0. The van der Waals surface area contributed by atoms with Crippen molar-refractivity contribution in [3.63, 3.8) is 0 Å². The van der Waals surface area contributed by atoms with E-state index in [4.69, 9.17) is 7.10 Å². The zero-order chi connectivity index (χ0) is 7.72. The van der Waals surface area contributed by atoms with Gasteiger partial charge >= 0.3 is 0 Å². The van der Waals surface area contributed by atoms with Gasteiger partial charge in [-0.2, -0.15) is 0 Å². The maximum Gasteiger partial charge on any atom is 0.295 e. The van der Waals surface area contributed by atoms with E-state index < -0.39 is 0 Å². The average molecular weight is 125 g/mol. The Labute approximate surface area is 55.3 Å². The topological polar surface area (TPSA) is 53.0 Å². The van der Waals surface area contributed by atoms with Gasteiger partial charge in [0.15, 0.2) is 0 Å². The summed E-state index contributed by atoms with van der Waals surface area (Å²) in [7, 11) is 0. The fourth-order valence-corrected chi connectivity index (χ4v) is 0.541. The molecule has 1 rings (SSSR count). The minimum atomic E-state index is 0.338. The number of H-pyrrole nitrogens is 1. The second-order valence-corrected chi connectivity index (χ2v) is 1.96. The predicted molar refractivity (Wildman–Crippen MR) is 34.7 cm³/mol. The number of hydrogen-bond acceptors (Lipinski definition) is 2. The molecule has 1 aromatic rings. The molecule has 48 valence electrons. The quantitative estimate of drug-likeness (QED) is 0.534. The summed E-state index contributed by atoms with van der Waals surface area (Å²) in [5.74, 6) is 1.11. The molecule has 0 saturated heterocycles. The minimum absolute atomic E-state index is 0.338. The monoisotopic (exact) mass is 125 g/mol. The molecular formula is C6H10N3+. The molecule has 1 heterocycles. The van der Waals surface area contributed by atoms with E-state index in [1.807, 2.05) is 0 Å². The van der Waals surface area contributed by atoms with Gasteiger partial charge in [-0.15, -0.1) is 0 Å². The van der Waals surface area contributed by atoms with Crippen LogP contribution in [0.25, 0.3) is 0 Å². The molecule has 3 N–H and O–H groups in total. The highest BCUT2D eigenvalue weighted by Crippen LogP contribution is 2.00. The first-order valence-electron chi connectivity index (χ1n) is 3.24. The van der Waals surface area contributed by atoms with E-state index in [9.17, 15) is 0 Å². The van der Waals surface area contributed by atoms with Crippen LogP contribution in [0.3, 0.4) is 0 Å². The average Bonchev–Trinajstić information content (AvgIpc) is 1.82. The lowest BCUT2D eigenvalue weighted by atomic mass is 10.3. The van der Waals surface area contributed by atoms with Crippen LogP contribution in [-0.4, -0.2) is 4.98 Å². The van der Waals surface area contributed by atoms with E-state index in [-0.39, 0.29) is 0 Å². The molecule has 1 aromatic heterocycles. The molecule has 0 aliphatic heterocycles. The molecule has 3 nitrogen and oxygen atoms in total. The fraction of sp³-hybridized carbons (Fsp3) is 0.333. The molecule has 9 heavy (non-hydrogen) atoms. The van der Waals surface area contributed by atoms with Gasteiger partial charge in [-0.1, -0.05) is 0 Å². The summed E-state index contributed by atoms with van der Waals surface area (Å²) in [5, 5.41) is 0. The number of nitrogen functional groups attached to an aromatic ring is 1. The van der Waals surface area contributed by atoms with Crippen molar-refractivity contribution in [2.24, 2.45) is 0 Å². The Morgan fingerprint density at radius 2 is 2.44 bits per heavy atom. The lowest BCUT2D eigenvalue weighted by molar-refractivity contribution is -0.393. The van der Waals surface area contributed by atoms with E-state index in [0.29, 0.717) is 23.4 Å². The van der Waals surface area contributed by atoms with Gasteiger partial charge in [0.1, 0.15) is 1.37 Å². The Bertz CT molecular complexity index is 236. The van der Waals surface area contributed by atoms with Crippen molar-refractivity contribution >= 4 is 5.82 Å². The van der Waals surface area contributed by atoms with Crippen LogP contribution in [0.1, 0.15) is 12.8 Å². The van der Waals surface area contributed by atoms with E-state index in [1.54, 1.807) is 13.8 Å². The van der Waals surface area contributed by atoms with E-state index >= 15 is 0 Å². The maximum absolute atomic E-state index is 7.33. The summed E-state index contributed by atoms with van der Waals surface area (Å²) in [4.78, 5) is 6.69. The van der Waals surface area contributed by atoms with Crippen LogP contribution in [0, 0.1) is 13.8 Å². The number of hydrogen-bond donors (Lipinski definition) is 1. The zero-order valence-electron chi connectivity index (χ0n) is 6.52. The summed E-state index contributed by atoms with van der Waals surface area (Å²) >= 11 is 0. The van der Waals surface area contributed by atoms with Crippen molar-refractivity contribution in [2.45, 2.75) is 13.8 Å². The van der Waals surface area contributed by atoms with Crippen LogP contribution < -0.4 is 10.7 Å². The van der Waals surface area contributed by atoms with Crippen molar-refractivity contribution in [2.75, 3.05) is 5.73 Å². The van der Waals surface area contributed by atoms with Gasteiger partial charge in [0.05, 0.1) is 11.7 Å². The molecule has 0 spiro atoms. The van der Waals surface area contributed by atoms with Crippen molar-refractivity contribution in [3.8, 4) is 0 Å². The molecule has 0 aliphatic rings. The smallest absolute Gasteiger partial charge is 0.295 e. The van der Waals surface area contributed by atoms with Crippen LogP contribution in [-0.2, 0) is 0 Å². The van der Waals surface area contributed by atoms with Crippen LogP contribution in [0.15, 0.2) is 6.17 Å². The molecule has 0 unspecified atom stereocenters. The first kappa shape index (κ1) is 4.73. The predicted octanol–water partition coefficient (Wildman–Crippen LogP) is 0.0947. The number of aryl methyl sites for hydroxylation is 1. The molecule has 0 amide bonds. The van der Waals surface area contributed by atoms with Gasteiger partial charge in [0.25, 0.3) is 5.82 Å². The number of aromatic amines is 1. The number of aromatic nitrogens is 2. The van der Waals surface area contributed by atoms with Crippen LogP contribution in [0.5, 0.6) is 0 Å². The largest absolute Gasteiger partial charge is 0.363 e. The molecule has 0 aliphatic carbocycles. The third-order valence-corrected chi connectivity index (χ3v) is 1.10. The second kappa shape index (κ2) is 2.01. The number of nitrogens with zero attached hydrogens (tertiary/aromatic N) is 1. The summed E-state index contributed by atoms with van der Waals surface area (Å²) in [6.07, 6.45) is 0.338. The Morgan fingerprint density at radius 1 is 1.78 bits per heavy atom. The lowest BCUT2D eigenvalue weighted by Gasteiger charge is -1.87. The summed E-state index contributed by atoms with van der Waals surface area (Å²) in [6.45, 7) is 3.54. The Kier molecular flexibility index (Phi) is 1.06. The third kappa shape index (κ3) is 1.16. The zero-order valence-corrected chi connectivity index (χ0v) is 5.52. The number of nitrogens with two attached hydrogens (primary N) is 1. The lowest BCUT2D eigenvalue weighted by Crippen LogP contribution is -2.12. The third-order valence-electron chi connectivity index (χ3n) is 1.10. The van der Waals surface area contributed by atoms with Crippen molar-refractivity contribution in [1.82, 2.24) is 4.98 Å². The first-order valence-corrected chi connectivity index (χ1v) is 2.74. The van der Waals surface area contributed by atoms with Crippen molar-refractivity contribution in [3.05, 3.63) is 17.6 Å². The maximum atomic E-state index is 7.33. The van der Waals surface area contributed by atoms with Gasteiger partial charge in [-0.25, -0.2) is 4.98 Å². The molecule has 0 aromatic carbocycles. The van der Waals surface area contributed by atoms with Gasteiger partial charge in [0, 0.05) is 6.92 Å². The van der Waals surface area contributed by atoms with Crippen molar-refractivity contribution < 1.29 is 6.35 Å². The van der Waals surface area contributed by atoms with E-state index in [1.165, 1.54) is 0 Å². The minimum Gasteiger partial charge on any atom is -0.363 e. The highest BCUT2D eigenvalue weighted by atomic mass is 14.9. The standard InChI is InChI=1S/C6H9N3/c1-4-3-8-5(2)9-6(4)7/h3H,1-2H3,(H2,7,8,9)/p+1/i3D. The van der Waals surface area contributed by atoms with Crippen LogP contribution in [0.2, 0.25) is 0 Å². The molecule has 0 bridgehead atoms.